The molecule has 0 bridgehead atoms. The highest BCUT2D eigenvalue weighted by atomic mass is 127. The second-order valence-corrected chi connectivity index (χ2v) is 6.71. The molecule has 6 heteroatoms. The number of guanidine groups is 1. The van der Waals surface area contributed by atoms with Crippen LogP contribution in [0.1, 0.15) is 24.5 Å². The van der Waals surface area contributed by atoms with Gasteiger partial charge in [-0.25, -0.2) is 4.99 Å². The fraction of sp³-hybridized carbons (Fsp3) is 0.588. The fourth-order valence-corrected chi connectivity index (χ4v) is 3.29. The first-order valence-electron chi connectivity index (χ1n) is 7.91. The van der Waals surface area contributed by atoms with Gasteiger partial charge < -0.3 is 15.0 Å². The highest BCUT2D eigenvalue weighted by molar-refractivity contribution is 14.0. The Kier molecular flexibility index (Phi) is 9.46. The lowest BCUT2D eigenvalue weighted by Gasteiger charge is -2.21. The van der Waals surface area contributed by atoms with E-state index in [-0.39, 0.29) is 24.0 Å². The first kappa shape index (κ1) is 20.7. The van der Waals surface area contributed by atoms with Gasteiger partial charge in [0, 0.05) is 37.1 Å². The molecule has 1 aromatic rings. The topological polar surface area (TPSA) is 36.9 Å². The van der Waals surface area contributed by atoms with Crippen molar-refractivity contribution < 1.29 is 4.74 Å². The van der Waals surface area contributed by atoms with E-state index >= 15 is 0 Å². The van der Waals surface area contributed by atoms with Gasteiger partial charge in [0.05, 0.1) is 13.2 Å². The summed E-state index contributed by atoms with van der Waals surface area (Å²) in [7, 11) is 1.78. The number of rotatable bonds is 5. The van der Waals surface area contributed by atoms with Crippen molar-refractivity contribution in [3.63, 3.8) is 0 Å². The van der Waals surface area contributed by atoms with Crippen LogP contribution in [0.15, 0.2) is 27.7 Å². The Morgan fingerprint density at radius 1 is 1.48 bits per heavy atom. The van der Waals surface area contributed by atoms with Crippen LogP contribution in [0.25, 0.3) is 0 Å². The molecule has 0 aliphatic carbocycles. The SMILES string of the molecule is CCNC(=NCc1ccc(Br)cc1C)N1CCC(COC)C1.I. The van der Waals surface area contributed by atoms with E-state index in [0.29, 0.717) is 12.5 Å². The van der Waals surface area contributed by atoms with Gasteiger partial charge in [0.25, 0.3) is 0 Å². The molecule has 1 saturated heterocycles. The molecule has 1 heterocycles. The van der Waals surface area contributed by atoms with Gasteiger partial charge in [-0.3, -0.25) is 0 Å². The molecule has 1 aliphatic heterocycles. The van der Waals surface area contributed by atoms with Crippen LogP contribution in [0.5, 0.6) is 0 Å². The number of aryl methyl sites for hydroxylation is 1. The van der Waals surface area contributed by atoms with Gasteiger partial charge in [-0.15, -0.1) is 24.0 Å². The number of nitrogens with one attached hydrogen (secondary N) is 1. The molecule has 0 spiro atoms. The number of hydrogen-bond donors (Lipinski definition) is 1. The number of halogens is 2. The van der Waals surface area contributed by atoms with Crippen LogP contribution in [0.4, 0.5) is 0 Å². The molecule has 4 nitrogen and oxygen atoms in total. The smallest absolute Gasteiger partial charge is 0.194 e. The predicted molar refractivity (Wildman–Crippen MR) is 111 cm³/mol. The van der Waals surface area contributed by atoms with E-state index in [1.165, 1.54) is 17.5 Å². The van der Waals surface area contributed by atoms with Gasteiger partial charge in [-0.1, -0.05) is 22.0 Å². The molecule has 1 aromatic carbocycles. The third kappa shape index (κ3) is 6.23. The van der Waals surface area contributed by atoms with Crippen molar-refractivity contribution in [2.24, 2.45) is 10.9 Å². The molecule has 0 radical (unpaired) electrons. The number of aliphatic imine (C=N–C) groups is 1. The molecular weight excluding hydrogens is 469 g/mol. The van der Waals surface area contributed by atoms with Crippen LogP contribution in [-0.2, 0) is 11.3 Å². The molecule has 1 N–H and O–H groups in total. The maximum atomic E-state index is 5.28. The number of benzene rings is 1. The Hall–Kier alpha value is -0.340. The molecular formula is C17H27BrIN3O. The first-order chi connectivity index (χ1) is 10.6. The lowest BCUT2D eigenvalue weighted by molar-refractivity contribution is 0.157. The number of methoxy groups -OCH3 is 1. The molecule has 0 amide bonds. The van der Waals surface area contributed by atoms with E-state index in [1.54, 1.807) is 7.11 Å². The number of nitrogens with zero attached hydrogens (tertiary/aromatic N) is 2. The summed E-state index contributed by atoms with van der Waals surface area (Å²) in [5, 5.41) is 3.41. The predicted octanol–water partition coefficient (Wildman–Crippen LogP) is 3.81. The van der Waals surface area contributed by atoms with Crippen molar-refractivity contribution in [2.45, 2.75) is 26.8 Å². The monoisotopic (exact) mass is 495 g/mol. The molecule has 130 valence electrons. The Labute approximate surface area is 165 Å². The van der Waals surface area contributed by atoms with E-state index < -0.39 is 0 Å². The highest BCUT2D eigenvalue weighted by Gasteiger charge is 2.24. The third-order valence-corrected chi connectivity index (χ3v) is 4.52. The van der Waals surface area contributed by atoms with Crippen molar-refractivity contribution in [3.8, 4) is 0 Å². The minimum atomic E-state index is 0. The summed E-state index contributed by atoms with van der Waals surface area (Å²) in [5.41, 5.74) is 2.54. The van der Waals surface area contributed by atoms with Crippen molar-refractivity contribution in [1.82, 2.24) is 10.2 Å². The molecule has 1 fully saturated rings. The van der Waals surface area contributed by atoms with Crippen molar-refractivity contribution >= 4 is 45.9 Å². The Morgan fingerprint density at radius 2 is 2.26 bits per heavy atom. The van der Waals surface area contributed by atoms with Crippen LogP contribution >= 0.6 is 39.9 Å². The molecule has 23 heavy (non-hydrogen) atoms. The zero-order valence-electron chi connectivity index (χ0n) is 14.1. The highest BCUT2D eigenvalue weighted by Crippen LogP contribution is 2.18. The molecule has 1 aliphatic rings. The van der Waals surface area contributed by atoms with Gasteiger partial charge in [-0.2, -0.15) is 0 Å². The summed E-state index contributed by atoms with van der Waals surface area (Å²) in [6.45, 7) is 8.77. The average Bonchev–Trinajstić information content (AvgIpc) is 2.94. The van der Waals surface area contributed by atoms with Crippen LogP contribution in [0.2, 0.25) is 0 Å². The van der Waals surface area contributed by atoms with Gasteiger partial charge in [0.15, 0.2) is 5.96 Å². The van der Waals surface area contributed by atoms with Crippen molar-refractivity contribution in [1.29, 1.82) is 0 Å². The van der Waals surface area contributed by atoms with E-state index in [1.807, 2.05) is 0 Å². The van der Waals surface area contributed by atoms with Gasteiger partial charge in [0.2, 0.25) is 0 Å². The fourth-order valence-electron chi connectivity index (χ4n) is 2.82. The normalized spacial score (nSPS) is 18.0. The largest absolute Gasteiger partial charge is 0.384 e. The molecule has 0 saturated carbocycles. The minimum absolute atomic E-state index is 0. The summed E-state index contributed by atoms with van der Waals surface area (Å²) in [4.78, 5) is 7.17. The van der Waals surface area contributed by atoms with Gasteiger partial charge in [-0.05, 0) is 43.5 Å². The summed E-state index contributed by atoms with van der Waals surface area (Å²) < 4.78 is 6.40. The molecule has 1 atom stereocenters. The Bertz CT molecular complexity index is 525. The third-order valence-electron chi connectivity index (χ3n) is 4.03. The standard InChI is InChI=1S/C17H26BrN3O.HI/c1-4-19-17(21-8-7-14(11-21)12-22-3)20-10-15-5-6-16(18)9-13(15)2;/h5-6,9,14H,4,7-8,10-12H2,1-3H3,(H,19,20);1H. The van der Waals surface area contributed by atoms with Gasteiger partial charge in [0.1, 0.15) is 0 Å². The van der Waals surface area contributed by atoms with Crippen molar-refractivity contribution in [3.05, 3.63) is 33.8 Å². The van der Waals surface area contributed by atoms with Crippen LogP contribution in [0.3, 0.4) is 0 Å². The quantitative estimate of drug-likeness (QED) is 0.383. The maximum Gasteiger partial charge on any atom is 0.194 e. The first-order valence-corrected chi connectivity index (χ1v) is 8.70. The van der Waals surface area contributed by atoms with Crippen LogP contribution < -0.4 is 5.32 Å². The summed E-state index contributed by atoms with van der Waals surface area (Å²) in [6.07, 6.45) is 1.18. The van der Waals surface area contributed by atoms with E-state index in [9.17, 15) is 0 Å². The average molecular weight is 496 g/mol. The number of hydrogen-bond acceptors (Lipinski definition) is 2. The second kappa shape index (κ2) is 10.5. The zero-order chi connectivity index (χ0) is 15.9. The summed E-state index contributed by atoms with van der Waals surface area (Å²) in [5.74, 6) is 1.63. The second-order valence-electron chi connectivity index (χ2n) is 5.80. The number of likely N-dealkylation sites (tertiary alicyclic amines) is 1. The van der Waals surface area contributed by atoms with E-state index in [0.717, 1.165) is 36.7 Å². The Balaban J connectivity index is 0.00000264. The lowest BCUT2D eigenvalue weighted by Crippen LogP contribution is -2.40. The molecule has 2 rings (SSSR count). The minimum Gasteiger partial charge on any atom is -0.384 e. The zero-order valence-corrected chi connectivity index (χ0v) is 18.1. The molecule has 1 unspecified atom stereocenters. The van der Waals surface area contributed by atoms with Crippen LogP contribution in [0, 0.1) is 12.8 Å². The van der Waals surface area contributed by atoms with Crippen molar-refractivity contribution in [2.75, 3.05) is 33.4 Å². The van der Waals surface area contributed by atoms with E-state index in [4.69, 9.17) is 9.73 Å². The Morgan fingerprint density at radius 3 is 2.91 bits per heavy atom. The maximum absolute atomic E-state index is 5.28. The van der Waals surface area contributed by atoms with E-state index in [2.05, 4.69) is 58.2 Å². The summed E-state index contributed by atoms with van der Waals surface area (Å²) >= 11 is 3.51. The lowest BCUT2D eigenvalue weighted by atomic mass is 10.1. The molecule has 0 aromatic heterocycles. The van der Waals surface area contributed by atoms with Gasteiger partial charge >= 0.3 is 0 Å². The summed E-state index contributed by atoms with van der Waals surface area (Å²) in [6, 6.07) is 6.36. The van der Waals surface area contributed by atoms with Crippen LogP contribution in [-0.4, -0.2) is 44.2 Å². The number of ether oxygens (including phenoxy) is 1.